The van der Waals surface area contributed by atoms with Crippen LogP contribution in [0.4, 0.5) is 5.69 Å². The summed E-state index contributed by atoms with van der Waals surface area (Å²) < 4.78 is 12.9. The number of aromatic hydroxyl groups is 2. The number of hydrogen-bond donors (Lipinski definition) is 3. The molecule has 8 nitrogen and oxygen atoms in total. The maximum atomic E-state index is 10.7. The fourth-order valence-electron chi connectivity index (χ4n) is 5.05. The second-order valence-electron chi connectivity index (χ2n) is 9.41. The van der Waals surface area contributed by atoms with Crippen LogP contribution >= 0.6 is 0 Å². The van der Waals surface area contributed by atoms with E-state index in [1.165, 1.54) is 4.57 Å². The SMILES string of the molecule is CC(C)Oc1ccccc1N1CCN(CC(O)Cn2c(O)c3c(c2O)CC2OC2C3)CC1. The van der Waals surface area contributed by atoms with Gasteiger partial charge < -0.3 is 29.7 Å². The van der Waals surface area contributed by atoms with Crippen molar-refractivity contribution in [3.8, 4) is 17.5 Å². The van der Waals surface area contributed by atoms with Crippen LogP contribution in [0, 0.1) is 0 Å². The first kappa shape index (κ1) is 21.4. The smallest absolute Gasteiger partial charge is 0.197 e. The molecule has 174 valence electrons. The van der Waals surface area contributed by atoms with Crippen molar-refractivity contribution in [2.75, 3.05) is 37.6 Å². The van der Waals surface area contributed by atoms with Gasteiger partial charge in [0.25, 0.3) is 0 Å². The minimum atomic E-state index is -0.686. The van der Waals surface area contributed by atoms with Gasteiger partial charge in [0.1, 0.15) is 5.75 Å². The third kappa shape index (κ3) is 4.14. The van der Waals surface area contributed by atoms with Gasteiger partial charge >= 0.3 is 0 Å². The van der Waals surface area contributed by atoms with Crippen molar-refractivity contribution in [2.24, 2.45) is 0 Å². The van der Waals surface area contributed by atoms with Gasteiger partial charge in [-0.1, -0.05) is 12.1 Å². The lowest BCUT2D eigenvalue weighted by Gasteiger charge is -2.37. The van der Waals surface area contributed by atoms with E-state index < -0.39 is 6.10 Å². The zero-order valence-electron chi connectivity index (χ0n) is 18.8. The number of fused-ring (bicyclic) bond motifs is 2. The van der Waals surface area contributed by atoms with Crippen LogP contribution in [-0.4, -0.2) is 81.9 Å². The molecule has 2 fully saturated rings. The molecule has 8 heteroatoms. The summed E-state index contributed by atoms with van der Waals surface area (Å²) in [5.74, 6) is 1.04. The minimum Gasteiger partial charge on any atom is -0.494 e. The molecule has 0 amide bonds. The lowest BCUT2D eigenvalue weighted by atomic mass is 9.95. The third-order valence-corrected chi connectivity index (χ3v) is 6.72. The van der Waals surface area contributed by atoms with E-state index in [1.807, 2.05) is 32.0 Å². The van der Waals surface area contributed by atoms with E-state index in [0.29, 0.717) is 19.4 Å². The molecule has 1 aliphatic carbocycles. The molecular weight excluding hydrogens is 410 g/mol. The first-order valence-electron chi connectivity index (χ1n) is 11.6. The van der Waals surface area contributed by atoms with Gasteiger partial charge in [0.15, 0.2) is 11.8 Å². The molecule has 0 radical (unpaired) electrons. The third-order valence-electron chi connectivity index (χ3n) is 6.72. The van der Waals surface area contributed by atoms with Crippen LogP contribution in [-0.2, 0) is 24.1 Å². The number of nitrogens with zero attached hydrogens (tertiary/aromatic N) is 3. The van der Waals surface area contributed by atoms with E-state index in [9.17, 15) is 15.3 Å². The van der Waals surface area contributed by atoms with Crippen molar-refractivity contribution in [1.82, 2.24) is 9.47 Å². The first-order chi connectivity index (χ1) is 15.4. The summed E-state index contributed by atoms with van der Waals surface area (Å²) in [7, 11) is 0. The molecule has 0 saturated carbocycles. The molecule has 2 aliphatic heterocycles. The highest BCUT2D eigenvalue weighted by molar-refractivity contribution is 5.58. The average molecular weight is 444 g/mol. The molecular formula is C24H33N3O5. The minimum absolute atomic E-state index is 0.0667. The number of hydrogen-bond acceptors (Lipinski definition) is 7. The normalized spacial score (nSPS) is 23.7. The van der Waals surface area contributed by atoms with Gasteiger partial charge in [-0.25, -0.2) is 0 Å². The van der Waals surface area contributed by atoms with Crippen molar-refractivity contribution < 1.29 is 24.8 Å². The lowest BCUT2D eigenvalue weighted by molar-refractivity contribution is 0.0907. The molecule has 1 aromatic heterocycles. The van der Waals surface area contributed by atoms with Crippen LogP contribution in [0.5, 0.6) is 17.5 Å². The summed E-state index contributed by atoms with van der Waals surface area (Å²) in [5, 5.41) is 31.9. The molecule has 1 aromatic carbocycles. The predicted molar refractivity (Wildman–Crippen MR) is 121 cm³/mol. The number of epoxide rings is 1. The number of aliphatic hydroxyl groups is 1. The topological polar surface area (TPSA) is 93.9 Å². The van der Waals surface area contributed by atoms with Crippen molar-refractivity contribution in [2.45, 2.75) is 57.6 Å². The van der Waals surface area contributed by atoms with Crippen LogP contribution in [0.15, 0.2) is 24.3 Å². The van der Waals surface area contributed by atoms with Gasteiger partial charge in [-0.05, 0) is 26.0 Å². The summed E-state index contributed by atoms with van der Waals surface area (Å²) >= 11 is 0. The van der Waals surface area contributed by atoms with Crippen molar-refractivity contribution in [1.29, 1.82) is 0 Å². The standard InChI is InChI=1S/C24H33N3O5/c1-15(2)31-20-6-4-3-5-19(20)26-9-7-25(8-10-26)13-16(28)14-27-23(29)17-11-21-22(32-21)12-18(17)24(27)30/h3-6,15-16,21-22,28-30H,7-14H2,1-2H3. The highest BCUT2D eigenvalue weighted by Gasteiger charge is 2.46. The number of rotatable bonds is 7. The van der Waals surface area contributed by atoms with E-state index >= 15 is 0 Å². The summed E-state index contributed by atoms with van der Waals surface area (Å²) in [6.45, 7) is 8.08. The second kappa shape index (κ2) is 8.50. The molecule has 2 aromatic rings. The van der Waals surface area contributed by atoms with E-state index in [-0.39, 0.29) is 36.6 Å². The summed E-state index contributed by atoms with van der Waals surface area (Å²) in [5.41, 5.74) is 2.64. The summed E-state index contributed by atoms with van der Waals surface area (Å²) in [6, 6.07) is 8.13. The van der Waals surface area contributed by atoms with Crippen LogP contribution in [0.2, 0.25) is 0 Å². The van der Waals surface area contributed by atoms with Gasteiger partial charge in [-0.15, -0.1) is 0 Å². The Hall–Kier alpha value is -2.42. The lowest BCUT2D eigenvalue weighted by Crippen LogP contribution is -2.49. The molecule has 0 spiro atoms. The molecule has 32 heavy (non-hydrogen) atoms. The van der Waals surface area contributed by atoms with E-state index in [0.717, 1.165) is 48.7 Å². The average Bonchev–Trinajstić information content (AvgIpc) is 3.50. The number of ether oxygens (including phenoxy) is 2. The van der Waals surface area contributed by atoms with Gasteiger partial charge in [0, 0.05) is 56.7 Å². The molecule has 2 saturated heterocycles. The molecule has 3 aliphatic rings. The Labute approximate surface area is 188 Å². The number of para-hydroxylation sites is 2. The number of aromatic nitrogens is 1. The van der Waals surface area contributed by atoms with Crippen molar-refractivity contribution in [3.63, 3.8) is 0 Å². The molecule has 3 atom stereocenters. The molecule has 3 unspecified atom stereocenters. The zero-order valence-corrected chi connectivity index (χ0v) is 18.8. The Balaban J connectivity index is 1.17. The van der Waals surface area contributed by atoms with Gasteiger partial charge in [0.05, 0.1) is 36.6 Å². The first-order valence-corrected chi connectivity index (χ1v) is 11.6. The zero-order chi connectivity index (χ0) is 22.4. The van der Waals surface area contributed by atoms with Gasteiger partial charge in [-0.2, -0.15) is 0 Å². The van der Waals surface area contributed by atoms with E-state index in [4.69, 9.17) is 9.47 Å². The van der Waals surface area contributed by atoms with Crippen LogP contribution < -0.4 is 9.64 Å². The highest BCUT2D eigenvalue weighted by atomic mass is 16.6. The number of anilines is 1. The Kier molecular flexibility index (Phi) is 5.69. The Morgan fingerprint density at radius 1 is 0.969 bits per heavy atom. The Bertz CT molecular complexity index is 933. The largest absolute Gasteiger partial charge is 0.494 e. The number of benzene rings is 1. The molecule has 5 rings (SSSR count). The molecule has 0 bridgehead atoms. The number of β-amino-alcohol motifs (C(OH)–C–C–N with tert-alkyl or cyclic N) is 1. The molecule has 3 N–H and O–H groups in total. The molecule has 3 heterocycles. The van der Waals surface area contributed by atoms with Gasteiger partial charge in [0.2, 0.25) is 0 Å². The van der Waals surface area contributed by atoms with Crippen LogP contribution in [0.1, 0.15) is 25.0 Å². The van der Waals surface area contributed by atoms with Gasteiger partial charge in [-0.3, -0.25) is 9.47 Å². The Morgan fingerprint density at radius 2 is 1.59 bits per heavy atom. The van der Waals surface area contributed by atoms with Crippen LogP contribution in [0.25, 0.3) is 0 Å². The second-order valence-corrected chi connectivity index (χ2v) is 9.41. The fourth-order valence-corrected chi connectivity index (χ4v) is 5.05. The quantitative estimate of drug-likeness (QED) is 0.561. The maximum absolute atomic E-state index is 10.7. The predicted octanol–water partition coefficient (Wildman–Crippen LogP) is 1.74. The van der Waals surface area contributed by atoms with Crippen molar-refractivity contribution in [3.05, 3.63) is 35.4 Å². The van der Waals surface area contributed by atoms with Crippen molar-refractivity contribution >= 4 is 5.69 Å². The van der Waals surface area contributed by atoms with Crippen LogP contribution in [0.3, 0.4) is 0 Å². The monoisotopic (exact) mass is 443 g/mol. The number of piperazine rings is 1. The number of aliphatic hydroxyl groups excluding tert-OH is 1. The fraction of sp³-hybridized carbons (Fsp3) is 0.583. The summed E-state index contributed by atoms with van der Waals surface area (Å²) in [6.07, 6.45) is 1.04. The van der Waals surface area contributed by atoms with E-state index in [1.54, 1.807) is 0 Å². The Morgan fingerprint density at radius 3 is 2.22 bits per heavy atom. The summed E-state index contributed by atoms with van der Waals surface area (Å²) in [4.78, 5) is 4.55. The highest BCUT2D eigenvalue weighted by Crippen LogP contribution is 2.45. The maximum Gasteiger partial charge on any atom is 0.197 e. The van der Waals surface area contributed by atoms with E-state index in [2.05, 4.69) is 15.9 Å².